The number of nitrogens with zero attached hydrogens (tertiary/aromatic N) is 3. The second-order valence-corrected chi connectivity index (χ2v) is 8.11. The molecule has 0 bridgehead atoms. The van der Waals surface area contributed by atoms with E-state index in [-0.39, 0.29) is 17.2 Å². The van der Waals surface area contributed by atoms with Gasteiger partial charge in [0.15, 0.2) is 5.13 Å². The average molecular weight is 416 g/mol. The van der Waals surface area contributed by atoms with E-state index in [1.807, 2.05) is 20.8 Å². The highest BCUT2D eigenvalue weighted by atomic mass is 32.1. The van der Waals surface area contributed by atoms with E-state index in [2.05, 4.69) is 15.3 Å². The fourth-order valence-electron chi connectivity index (χ4n) is 2.34. The van der Waals surface area contributed by atoms with Crippen molar-refractivity contribution in [1.29, 1.82) is 0 Å². The van der Waals surface area contributed by atoms with Gasteiger partial charge in [0.2, 0.25) is 5.88 Å². The minimum absolute atomic E-state index is 0.0216. The molecule has 1 amide bonds. The van der Waals surface area contributed by atoms with Crippen LogP contribution >= 0.6 is 11.3 Å². The van der Waals surface area contributed by atoms with Crippen LogP contribution in [0.4, 0.5) is 10.8 Å². The third-order valence-electron chi connectivity index (χ3n) is 3.67. The lowest BCUT2D eigenvalue weighted by molar-refractivity contribution is -0.384. The molecular weight excluding hydrogens is 396 g/mol. The molecule has 2 heterocycles. The van der Waals surface area contributed by atoms with Gasteiger partial charge in [0.1, 0.15) is 6.61 Å². The zero-order chi connectivity index (χ0) is 21.0. The molecule has 0 aliphatic carbocycles. The SMILES string of the molecule is CC(C)(C)OCCOc1ccc(C(=O)Nc2nc3ccc([N+](=O)[O-])cc3s2)cn1. The number of pyridine rings is 1. The van der Waals surface area contributed by atoms with Gasteiger partial charge >= 0.3 is 0 Å². The van der Waals surface area contributed by atoms with Crippen LogP contribution in [0.15, 0.2) is 36.5 Å². The molecule has 0 unspecified atom stereocenters. The topological polar surface area (TPSA) is 116 Å². The Morgan fingerprint density at radius 3 is 2.69 bits per heavy atom. The Kier molecular flexibility index (Phi) is 6.04. The molecule has 2 aromatic heterocycles. The van der Waals surface area contributed by atoms with E-state index in [9.17, 15) is 14.9 Å². The van der Waals surface area contributed by atoms with Crippen LogP contribution in [0.2, 0.25) is 0 Å². The third-order valence-corrected chi connectivity index (χ3v) is 4.60. The van der Waals surface area contributed by atoms with Gasteiger partial charge in [-0.3, -0.25) is 20.2 Å². The van der Waals surface area contributed by atoms with Crippen molar-refractivity contribution in [3.63, 3.8) is 0 Å². The van der Waals surface area contributed by atoms with Crippen molar-refractivity contribution in [2.75, 3.05) is 18.5 Å². The molecule has 29 heavy (non-hydrogen) atoms. The Morgan fingerprint density at radius 2 is 2.03 bits per heavy atom. The van der Waals surface area contributed by atoms with Crippen LogP contribution < -0.4 is 10.1 Å². The Hall–Kier alpha value is -3.11. The normalized spacial score (nSPS) is 11.4. The van der Waals surface area contributed by atoms with Gasteiger partial charge in [0.05, 0.1) is 32.9 Å². The number of ether oxygens (including phenoxy) is 2. The molecule has 0 saturated carbocycles. The van der Waals surface area contributed by atoms with Gasteiger partial charge in [-0.2, -0.15) is 0 Å². The maximum Gasteiger partial charge on any atom is 0.270 e. The Bertz CT molecular complexity index is 1030. The Labute approximate surface area is 170 Å². The van der Waals surface area contributed by atoms with Crippen molar-refractivity contribution in [2.24, 2.45) is 0 Å². The summed E-state index contributed by atoms with van der Waals surface area (Å²) in [5.41, 5.74) is 0.667. The first-order valence-corrected chi connectivity index (χ1v) is 9.62. The Morgan fingerprint density at radius 1 is 1.24 bits per heavy atom. The summed E-state index contributed by atoms with van der Waals surface area (Å²) < 4.78 is 11.7. The fourth-order valence-corrected chi connectivity index (χ4v) is 3.24. The van der Waals surface area contributed by atoms with Gasteiger partial charge in [-0.05, 0) is 32.9 Å². The summed E-state index contributed by atoms with van der Waals surface area (Å²) in [4.78, 5) is 31.2. The van der Waals surface area contributed by atoms with E-state index >= 15 is 0 Å². The van der Waals surface area contributed by atoms with Gasteiger partial charge < -0.3 is 9.47 Å². The lowest BCUT2D eigenvalue weighted by atomic mass is 10.2. The molecule has 0 spiro atoms. The molecule has 0 aliphatic heterocycles. The summed E-state index contributed by atoms with van der Waals surface area (Å²) in [7, 11) is 0. The van der Waals surface area contributed by atoms with E-state index in [0.717, 1.165) is 11.3 Å². The molecule has 3 aromatic rings. The number of benzene rings is 1. The van der Waals surface area contributed by atoms with E-state index in [0.29, 0.717) is 40.0 Å². The highest BCUT2D eigenvalue weighted by molar-refractivity contribution is 7.22. The number of nitro groups is 1. The van der Waals surface area contributed by atoms with E-state index in [1.165, 1.54) is 18.3 Å². The van der Waals surface area contributed by atoms with E-state index < -0.39 is 4.92 Å². The molecule has 0 saturated heterocycles. The molecule has 1 aromatic carbocycles. The monoisotopic (exact) mass is 416 g/mol. The molecule has 10 heteroatoms. The number of hydrogen-bond acceptors (Lipinski definition) is 8. The molecule has 0 radical (unpaired) electrons. The lowest BCUT2D eigenvalue weighted by Gasteiger charge is -2.19. The van der Waals surface area contributed by atoms with Crippen LogP contribution in [0, 0.1) is 10.1 Å². The molecule has 152 valence electrons. The first-order chi connectivity index (χ1) is 13.7. The van der Waals surface area contributed by atoms with E-state index in [1.54, 1.807) is 18.2 Å². The second-order valence-electron chi connectivity index (χ2n) is 7.08. The standard InChI is InChI=1S/C19H20N4O5S/c1-19(2,3)28-9-8-27-16-7-4-12(11-20-16)17(24)22-18-21-14-6-5-13(23(25)26)10-15(14)29-18/h4-7,10-11H,8-9H2,1-3H3,(H,21,22,24). The summed E-state index contributed by atoms with van der Waals surface area (Å²) in [6.07, 6.45) is 1.41. The number of nitrogens with one attached hydrogen (secondary N) is 1. The largest absolute Gasteiger partial charge is 0.475 e. The summed E-state index contributed by atoms with van der Waals surface area (Å²) in [5.74, 6) is 0.0139. The van der Waals surface area contributed by atoms with Crippen LogP contribution in [0.25, 0.3) is 10.2 Å². The third kappa shape index (κ3) is 5.69. The minimum Gasteiger partial charge on any atom is -0.475 e. The molecule has 0 aliphatic rings. The number of non-ortho nitro benzene ring substituents is 1. The van der Waals surface area contributed by atoms with Crippen molar-refractivity contribution in [2.45, 2.75) is 26.4 Å². The molecule has 9 nitrogen and oxygen atoms in total. The zero-order valence-corrected chi connectivity index (χ0v) is 17.0. The van der Waals surface area contributed by atoms with Gasteiger partial charge in [0.25, 0.3) is 11.6 Å². The summed E-state index contributed by atoms with van der Waals surface area (Å²) >= 11 is 1.16. The first kappa shape index (κ1) is 20.6. The van der Waals surface area contributed by atoms with Crippen LogP contribution in [0.1, 0.15) is 31.1 Å². The van der Waals surface area contributed by atoms with Crippen molar-refractivity contribution in [1.82, 2.24) is 9.97 Å². The van der Waals surface area contributed by atoms with Crippen molar-refractivity contribution in [3.8, 4) is 5.88 Å². The van der Waals surface area contributed by atoms with Crippen LogP contribution in [-0.2, 0) is 4.74 Å². The first-order valence-electron chi connectivity index (χ1n) is 8.80. The van der Waals surface area contributed by atoms with Crippen LogP contribution in [0.5, 0.6) is 5.88 Å². The number of anilines is 1. The molecule has 3 rings (SSSR count). The number of amides is 1. The van der Waals surface area contributed by atoms with Crippen LogP contribution in [0.3, 0.4) is 0 Å². The maximum atomic E-state index is 12.4. The van der Waals surface area contributed by atoms with Crippen LogP contribution in [-0.4, -0.2) is 39.6 Å². The second kappa shape index (κ2) is 8.50. The van der Waals surface area contributed by atoms with Gasteiger partial charge in [-0.1, -0.05) is 11.3 Å². The molecule has 1 N–H and O–H groups in total. The van der Waals surface area contributed by atoms with E-state index in [4.69, 9.17) is 9.47 Å². The van der Waals surface area contributed by atoms with Gasteiger partial charge in [-0.25, -0.2) is 9.97 Å². The zero-order valence-electron chi connectivity index (χ0n) is 16.2. The maximum absolute atomic E-state index is 12.4. The van der Waals surface area contributed by atoms with Gasteiger partial charge in [0, 0.05) is 24.4 Å². The highest BCUT2D eigenvalue weighted by Crippen LogP contribution is 2.29. The number of thiazole rings is 1. The number of nitro benzene ring substituents is 1. The number of carbonyl (C=O) groups is 1. The molecule has 0 fully saturated rings. The molecular formula is C19H20N4O5S. The minimum atomic E-state index is -0.470. The van der Waals surface area contributed by atoms with Crippen molar-refractivity contribution >= 4 is 38.3 Å². The van der Waals surface area contributed by atoms with Gasteiger partial charge in [-0.15, -0.1) is 0 Å². The smallest absolute Gasteiger partial charge is 0.270 e. The number of aromatic nitrogens is 2. The summed E-state index contributed by atoms with van der Waals surface area (Å²) in [6, 6.07) is 7.56. The quantitative estimate of drug-likeness (QED) is 0.351. The predicted molar refractivity (Wildman–Crippen MR) is 110 cm³/mol. The number of carbonyl (C=O) groups excluding carboxylic acids is 1. The summed E-state index contributed by atoms with van der Waals surface area (Å²) in [5, 5.41) is 13.9. The Balaban J connectivity index is 1.59. The number of hydrogen-bond donors (Lipinski definition) is 1. The van der Waals surface area contributed by atoms with Crippen molar-refractivity contribution < 1.29 is 19.2 Å². The highest BCUT2D eigenvalue weighted by Gasteiger charge is 2.14. The summed E-state index contributed by atoms with van der Waals surface area (Å²) in [6.45, 7) is 6.68. The fraction of sp³-hybridized carbons (Fsp3) is 0.316. The number of rotatable bonds is 7. The number of fused-ring (bicyclic) bond motifs is 1. The molecule has 0 atom stereocenters. The average Bonchev–Trinajstić information content (AvgIpc) is 3.06. The van der Waals surface area contributed by atoms with Crippen molar-refractivity contribution in [3.05, 3.63) is 52.2 Å². The lowest BCUT2D eigenvalue weighted by Crippen LogP contribution is -2.22. The predicted octanol–water partition coefficient (Wildman–Crippen LogP) is 4.05.